The lowest BCUT2D eigenvalue weighted by molar-refractivity contribution is -0.143. The highest BCUT2D eigenvalue weighted by Crippen LogP contribution is 2.30. The van der Waals surface area contributed by atoms with Crippen molar-refractivity contribution in [3.63, 3.8) is 0 Å². The zero-order valence-corrected chi connectivity index (χ0v) is 12.0. The number of alkyl halides is 3. The zero-order valence-electron chi connectivity index (χ0n) is 12.0. The number of hydrogen-bond acceptors (Lipinski definition) is 4. The monoisotopic (exact) mass is 316 g/mol. The van der Waals surface area contributed by atoms with Gasteiger partial charge in [0.1, 0.15) is 17.7 Å². The second-order valence-corrected chi connectivity index (χ2v) is 5.02. The minimum absolute atomic E-state index is 0.0195. The van der Waals surface area contributed by atoms with Gasteiger partial charge in [0, 0.05) is 25.5 Å². The van der Waals surface area contributed by atoms with E-state index in [0.717, 1.165) is 5.82 Å². The molecule has 0 radical (unpaired) electrons. The molecule has 6 nitrogen and oxygen atoms in total. The van der Waals surface area contributed by atoms with Gasteiger partial charge in [-0.3, -0.25) is 4.79 Å². The summed E-state index contributed by atoms with van der Waals surface area (Å²) in [7, 11) is 0. The van der Waals surface area contributed by atoms with E-state index in [2.05, 4.69) is 20.0 Å². The zero-order chi connectivity index (χ0) is 16.3. The van der Waals surface area contributed by atoms with Gasteiger partial charge in [-0.25, -0.2) is 4.98 Å². The third-order valence-corrected chi connectivity index (χ3v) is 3.13. The van der Waals surface area contributed by atoms with Crippen LogP contribution in [0.15, 0.2) is 23.2 Å². The van der Waals surface area contributed by atoms with E-state index in [-0.39, 0.29) is 12.5 Å². The topological polar surface area (TPSA) is 73.0 Å². The predicted octanol–water partition coefficient (Wildman–Crippen LogP) is 2.26. The molecule has 0 aliphatic rings. The fourth-order valence-corrected chi connectivity index (χ4v) is 1.96. The van der Waals surface area contributed by atoms with Crippen LogP contribution < -0.4 is 5.32 Å². The molecule has 1 unspecified atom stereocenters. The SMILES string of the molecule is Cc1nccn1CC(C)CNC(=O)c1conc1C(F)(F)F. The van der Waals surface area contributed by atoms with E-state index in [1.54, 1.807) is 12.4 Å². The van der Waals surface area contributed by atoms with Gasteiger partial charge in [0.05, 0.1) is 0 Å². The summed E-state index contributed by atoms with van der Waals surface area (Å²) in [5, 5.41) is 5.29. The number of rotatable bonds is 5. The molecule has 0 aliphatic carbocycles. The van der Waals surface area contributed by atoms with Gasteiger partial charge in [0.25, 0.3) is 5.91 Å². The van der Waals surface area contributed by atoms with Crippen LogP contribution >= 0.6 is 0 Å². The van der Waals surface area contributed by atoms with Gasteiger partial charge < -0.3 is 14.4 Å². The highest BCUT2D eigenvalue weighted by Gasteiger charge is 2.39. The smallest absolute Gasteiger partial charge is 0.363 e. The molecule has 0 spiro atoms. The van der Waals surface area contributed by atoms with Crippen LogP contribution in [0.2, 0.25) is 0 Å². The quantitative estimate of drug-likeness (QED) is 0.918. The van der Waals surface area contributed by atoms with Crippen LogP contribution in [0.4, 0.5) is 13.2 Å². The molecular formula is C13H15F3N4O2. The molecule has 0 fully saturated rings. The molecule has 2 rings (SSSR count). The van der Waals surface area contributed by atoms with Crippen molar-refractivity contribution in [3.05, 3.63) is 35.7 Å². The Morgan fingerprint density at radius 1 is 1.50 bits per heavy atom. The average Bonchev–Trinajstić information content (AvgIpc) is 3.05. The van der Waals surface area contributed by atoms with Crippen LogP contribution in [0.5, 0.6) is 0 Å². The molecule has 1 N–H and O–H groups in total. The molecule has 120 valence electrons. The van der Waals surface area contributed by atoms with Crippen molar-refractivity contribution >= 4 is 5.91 Å². The van der Waals surface area contributed by atoms with Gasteiger partial charge in [0.2, 0.25) is 0 Å². The fraction of sp³-hybridized carbons (Fsp3) is 0.462. The van der Waals surface area contributed by atoms with Gasteiger partial charge in [-0.2, -0.15) is 13.2 Å². The van der Waals surface area contributed by atoms with Crippen LogP contribution in [-0.4, -0.2) is 27.2 Å². The summed E-state index contributed by atoms with van der Waals surface area (Å²) in [6, 6.07) is 0. The summed E-state index contributed by atoms with van der Waals surface area (Å²) < 4.78 is 44.0. The number of aromatic nitrogens is 3. The van der Waals surface area contributed by atoms with Gasteiger partial charge in [0.15, 0.2) is 5.69 Å². The van der Waals surface area contributed by atoms with E-state index in [1.165, 1.54) is 0 Å². The predicted molar refractivity (Wildman–Crippen MR) is 70.0 cm³/mol. The second kappa shape index (κ2) is 6.20. The normalized spacial score (nSPS) is 13.1. The summed E-state index contributed by atoms with van der Waals surface area (Å²) >= 11 is 0. The molecule has 2 aromatic heterocycles. The number of carbonyl (C=O) groups excluding carboxylic acids is 1. The fourth-order valence-electron chi connectivity index (χ4n) is 1.96. The number of hydrogen-bond donors (Lipinski definition) is 1. The molecule has 9 heteroatoms. The van der Waals surface area contributed by atoms with E-state index < -0.39 is 23.3 Å². The van der Waals surface area contributed by atoms with Gasteiger partial charge in [-0.15, -0.1) is 0 Å². The maximum atomic E-state index is 12.6. The minimum atomic E-state index is -4.72. The Bertz CT molecular complexity index is 648. The second-order valence-electron chi connectivity index (χ2n) is 5.02. The van der Waals surface area contributed by atoms with Crippen molar-refractivity contribution in [2.45, 2.75) is 26.6 Å². The average molecular weight is 316 g/mol. The molecule has 1 atom stereocenters. The van der Waals surface area contributed by atoms with Crippen molar-refractivity contribution < 1.29 is 22.5 Å². The van der Waals surface area contributed by atoms with Crippen LogP contribution in [0.1, 0.15) is 28.8 Å². The van der Waals surface area contributed by atoms with E-state index in [4.69, 9.17) is 0 Å². The lowest BCUT2D eigenvalue weighted by Gasteiger charge is -2.14. The van der Waals surface area contributed by atoms with Crippen molar-refractivity contribution in [3.8, 4) is 0 Å². The lowest BCUT2D eigenvalue weighted by atomic mass is 10.1. The highest BCUT2D eigenvalue weighted by atomic mass is 19.4. The summed E-state index contributed by atoms with van der Waals surface area (Å²) in [6.07, 6.45) is -0.565. The Labute approximate surface area is 124 Å². The first kappa shape index (κ1) is 16.1. The highest BCUT2D eigenvalue weighted by molar-refractivity contribution is 5.95. The van der Waals surface area contributed by atoms with Crippen molar-refractivity contribution in [2.24, 2.45) is 5.92 Å². The third-order valence-electron chi connectivity index (χ3n) is 3.13. The molecule has 0 saturated carbocycles. The Kier molecular flexibility index (Phi) is 4.53. The molecule has 0 aromatic carbocycles. The van der Waals surface area contributed by atoms with E-state index >= 15 is 0 Å². The summed E-state index contributed by atoms with van der Waals surface area (Å²) in [4.78, 5) is 15.9. The Hall–Kier alpha value is -2.32. The van der Waals surface area contributed by atoms with Gasteiger partial charge in [-0.1, -0.05) is 12.1 Å². The molecule has 2 heterocycles. The summed E-state index contributed by atoms with van der Waals surface area (Å²) in [6.45, 7) is 4.54. The molecule has 0 saturated heterocycles. The van der Waals surface area contributed by atoms with Crippen molar-refractivity contribution in [1.82, 2.24) is 20.0 Å². The van der Waals surface area contributed by atoms with Gasteiger partial charge in [-0.05, 0) is 12.8 Å². The van der Waals surface area contributed by atoms with Crippen molar-refractivity contribution in [1.29, 1.82) is 0 Å². The van der Waals surface area contributed by atoms with Crippen LogP contribution in [0.3, 0.4) is 0 Å². The molecule has 1 amide bonds. The molecular weight excluding hydrogens is 301 g/mol. The number of aryl methyl sites for hydroxylation is 1. The summed E-state index contributed by atoms with van der Waals surface area (Å²) in [5.41, 5.74) is -1.93. The Morgan fingerprint density at radius 2 is 2.23 bits per heavy atom. The van der Waals surface area contributed by atoms with Gasteiger partial charge >= 0.3 is 6.18 Å². The number of nitrogens with one attached hydrogen (secondary N) is 1. The first-order valence-electron chi connectivity index (χ1n) is 6.56. The lowest BCUT2D eigenvalue weighted by Crippen LogP contribution is -2.31. The number of nitrogens with zero attached hydrogens (tertiary/aromatic N) is 3. The van der Waals surface area contributed by atoms with E-state index in [1.807, 2.05) is 18.4 Å². The summed E-state index contributed by atoms with van der Waals surface area (Å²) in [5.74, 6) is -0.00889. The first-order valence-corrected chi connectivity index (χ1v) is 6.56. The largest absolute Gasteiger partial charge is 0.437 e. The maximum Gasteiger partial charge on any atom is 0.437 e. The molecule has 0 aliphatic heterocycles. The van der Waals surface area contributed by atoms with Crippen LogP contribution in [-0.2, 0) is 12.7 Å². The maximum absolute atomic E-state index is 12.6. The number of imidazole rings is 1. The number of amides is 1. The number of halogens is 3. The van der Waals surface area contributed by atoms with E-state index in [0.29, 0.717) is 12.8 Å². The molecule has 2 aromatic rings. The van der Waals surface area contributed by atoms with Crippen molar-refractivity contribution in [2.75, 3.05) is 6.54 Å². The third kappa shape index (κ3) is 3.66. The Balaban J connectivity index is 1.93. The molecule has 0 bridgehead atoms. The van der Waals surface area contributed by atoms with Crippen LogP contribution in [0.25, 0.3) is 0 Å². The Morgan fingerprint density at radius 3 is 2.82 bits per heavy atom. The van der Waals surface area contributed by atoms with Crippen LogP contribution in [0, 0.1) is 12.8 Å². The first-order chi connectivity index (χ1) is 10.3. The molecule has 22 heavy (non-hydrogen) atoms. The minimum Gasteiger partial charge on any atom is -0.363 e. The number of carbonyl (C=O) groups is 1. The standard InChI is InChI=1S/C13H15F3N4O2/c1-8(6-20-4-3-17-9(20)2)5-18-12(21)10-7-22-19-11(10)13(14,15)16/h3-4,7-8H,5-6H2,1-2H3,(H,18,21). The van der Waals surface area contributed by atoms with E-state index in [9.17, 15) is 18.0 Å².